The fourth-order valence-electron chi connectivity index (χ4n) is 4.50. The van der Waals surface area contributed by atoms with Gasteiger partial charge in [0.2, 0.25) is 5.91 Å². The zero-order valence-electron chi connectivity index (χ0n) is 21.3. The molecule has 202 valence electrons. The standard InChI is InChI=1S/C28H24ClN7O4/c1-40-28(39)32-22-10-8-21(9-11-22)31-27(38)26-23-5-3-2-4-18(23)14-15-35(26)25(37)13-6-19-16-20(29)7-12-24(19)36-17-30-33-34-36/h2-13,16-17,26H,14-15H2,1H3,(H,31,38)(H,32,39)/b13-6+. The lowest BCUT2D eigenvalue weighted by Crippen LogP contribution is -2.44. The molecule has 0 bridgehead atoms. The van der Waals surface area contributed by atoms with E-state index in [1.807, 2.05) is 24.3 Å². The number of rotatable bonds is 6. The van der Waals surface area contributed by atoms with Crippen LogP contribution in [0.1, 0.15) is 22.7 Å². The monoisotopic (exact) mass is 557 g/mol. The van der Waals surface area contributed by atoms with Gasteiger partial charge in [-0.15, -0.1) is 5.10 Å². The van der Waals surface area contributed by atoms with E-state index in [4.69, 9.17) is 11.6 Å². The van der Waals surface area contributed by atoms with Crippen molar-refractivity contribution in [1.29, 1.82) is 0 Å². The second-order valence-corrected chi connectivity index (χ2v) is 9.29. The van der Waals surface area contributed by atoms with Crippen molar-refractivity contribution in [2.24, 2.45) is 0 Å². The molecule has 12 heteroatoms. The summed E-state index contributed by atoms with van der Waals surface area (Å²) in [5.41, 5.74) is 4.06. The minimum Gasteiger partial charge on any atom is -0.453 e. The molecule has 1 aliphatic heterocycles. The van der Waals surface area contributed by atoms with Crippen molar-refractivity contribution < 1.29 is 19.1 Å². The average molecular weight is 558 g/mol. The van der Waals surface area contributed by atoms with Gasteiger partial charge in [0.05, 0.1) is 12.8 Å². The largest absolute Gasteiger partial charge is 0.453 e. The lowest BCUT2D eigenvalue weighted by Gasteiger charge is -2.35. The van der Waals surface area contributed by atoms with Crippen molar-refractivity contribution in [2.75, 3.05) is 24.3 Å². The van der Waals surface area contributed by atoms with Crippen LogP contribution in [0.3, 0.4) is 0 Å². The van der Waals surface area contributed by atoms with Crippen LogP contribution in [-0.4, -0.2) is 56.7 Å². The number of hydrogen-bond acceptors (Lipinski definition) is 7. The number of hydrogen-bond donors (Lipinski definition) is 2. The Labute approximate surface area is 234 Å². The van der Waals surface area contributed by atoms with E-state index in [0.717, 1.165) is 11.1 Å². The van der Waals surface area contributed by atoms with Gasteiger partial charge in [0.15, 0.2) is 0 Å². The zero-order chi connectivity index (χ0) is 28.1. The predicted molar refractivity (Wildman–Crippen MR) is 149 cm³/mol. The van der Waals surface area contributed by atoms with Gasteiger partial charge in [0.25, 0.3) is 5.91 Å². The van der Waals surface area contributed by atoms with Gasteiger partial charge in [-0.1, -0.05) is 35.9 Å². The number of carbonyl (C=O) groups excluding carboxylic acids is 3. The summed E-state index contributed by atoms with van der Waals surface area (Å²) < 4.78 is 6.07. The van der Waals surface area contributed by atoms with E-state index in [1.54, 1.807) is 53.4 Å². The Morgan fingerprint density at radius 1 is 1.02 bits per heavy atom. The number of halogens is 1. The molecule has 5 rings (SSSR count). The minimum atomic E-state index is -0.853. The van der Waals surface area contributed by atoms with Crippen LogP contribution >= 0.6 is 11.6 Å². The van der Waals surface area contributed by atoms with Crippen LogP contribution in [0.5, 0.6) is 0 Å². The Kier molecular flexibility index (Phi) is 7.83. The molecule has 4 aromatic rings. The molecule has 11 nitrogen and oxygen atoms in total. The molecule has 0 saturated carbocycles. The van der Waals surface area contributed by atoms with E-state index in [0.29, 0.717) is 40.6 Å². The molecule has 3 amide bonds. The fraction of sp³-hybridized carbons (Fsp3) is 0.143. The highest BCUT2D eigenvalue weighted by atomic mass is 35.5. The van der Waals surface area contributed by atoms with Gasteiger partial charge < -0.3 is 15.0 Å². The summed E-state index contributed by atoms with van der Waals surface area (Å²) in [5, 5.41) is 17.2. The number of benzene rings is 3. The SMILES string of the molecule is COC(=O)Nc1ccc(NC(=O)C2c3ccccc3CCN2C(=O)/C=C/c2cc(Cl)ccc2-n2cnnn2)cc1. The van der Waals surface area contributed by atoms with Crippen LogP contribution in [0.2, 0.25) is 5.02 Å². The van der Waals surface area contributed by atoms with Gasteiger partial charge >= 0.3 is 6.09 Å². The lowest BCUT2D eigenvalue weighted by molar-refractivity contribution is -0.135. The molecule has 2 N–H and O–H groups in total. The third-order valence-electron chi connectivity index (χ3n) is 6.39. The number of anilines is 2. The highest BCUT2D eigenvalue weighted by Gasteiger charge is 2.35. The van der Waals surface area contributed by atoms with Crippen molar-refractivity contribution in [1.82, 2.24) is 25.1 Å². The first-order valence-electron chi connectivity index (χ1n) is 12.3. The summed E-state index contributed by atoms with van der Waals surface area (Å²) in [6, 6.07) is 18.5. The molecule has 1 atom stereocenters. The van der Waals surface area contributed by atoms with E-state index in [9.17, 15) is 14.4 Å². The Hall–Kier alpha value is -5.03. The summed E-state index contributed by atoms with van der Waals surface area (Å²) in [6.45, 7) is 0.357. The van der Waals surface area contributed by atoms with Crippen LogP contribution in [0.25, 0.3) is 11.8 Å². The lowest BCUT2D eigenvalue weighted by atomic mass is 9.91. The summed E-state index contributed by atoms with van der Waals surface area (Å²) >= 11 is 6.21. The molecule has 1 aliphatic rings. The molecule has 0 saturated heterocycles. The van der Waals surface area contributed by atoms with Crippen molar-refractivity contribution >= 4 is 47.0 Å². The average Bonchev–Trinajstić information content (AvgIpc) is 3.51. The highest BCUT2D eigenvalue weighted by Crippen LogP contribution is 2.32. The molecular formula is C28H24ClN7O4. The second kappa shape index (κ2) is 11.8. The smallest absolute Gasteiger partial charge is 0.411 e. The van der Waals surface area contributed by atoms with Crippen molar-refractivity contribution in [3.8, 4) is 5.69 Å². The van der Waals surface area contributed by atoms with Crippen molar-refractivity contribution in [2.45, 2.75) is 12.5 Å². The van der Waals surface area contributed by atoms with Crippen molar-refractivity contribution in [3.05, 3.63) is 101 Å². The number of aromatic nitrogens is 4. The first-order valence-corrected chi connectivity index (χ1v) is 12.7. The molecular weight excluding hydrogens is 534 g/mol. The Bertz CT molecular complexity index is 1570. The summed E-state index contributed by atoms with van der Waals surface area (Å²) in [6.07, 6.45) is 4.51. The number of carbonyl (C=O) groups is 3. The van der Waals surface area contributed by atoms with E-state index in [2.05, 4.69) is 30.9 Å². The molecule has 0 spiro atoms. The maximum atomic E-state index is 13.6. The highest BCUT2D eigenvalue weighted by molar-refractivity contribution is 6.30. The fourth-order valence-corrected chi connectivity index (χ4v) is 4.68. The summed E-state index contributed by atoms with van der Waals surface area (Å²) in [5.74, 6) is -0.699. The number of ether oxygens (including phenoxy) is 1. The number of fused-ring (bicyclic) bond motifs is 1. The van der Waals surface area contributed by atoms with Crippen LogP contribution < -0.4 is 10.6 Å². The van der Waals surface area contributed by atoms with Crippen LogP contribution in [0, 0.1) is 0 Å². The molecule has 0 radical (unpaired) electrons. The van der Waals surface area contributed by atoms with Crippen LogP contribution in [0.15, 0.2) is 79.1 Å². The molecule has 1 aromatic heterocycles. The van der Waals surface area contributed by atoms with Crippen molar-refractivity contribution in [3.63, 3.8) is 0 Å². The second-order valence-electron chi connectivity index (χ2n) is 8.86. The predicted octanol–water partition coefficient (Wildman–Crippen LogP) is 4.27. The summed E-state index contributed by atoms with van der Waals surface area (Å²) in [4.78, 5) is 40.1. The third-order valence-corrected chi connectivity index (χ3v) is 6.63. The molecule has 40 heavy (non-hydrogen) atoms. The van der Waals surface area contributed by atoms with Gasteiger partial charge in [-0.3, -0.25) is 14.9 Å². The maximum absolute atomic E-state index is 13.6. The Morgan fingerprint density at radius 2 is 1.77 bits per heavy atom. The zero-order valence-corrected chi connectivity index (χ0v) is 22.1. The van der Waals surface area contributed by atoms with Gasteiger partial charge in [-0.2, -0.15) is 4.68 Å². The Balaban J connectivity index is 1.40. The molecule has 0 fully saturated rings. The molecule has 3 aromatic carbocycles. The normalized spacial score (nSPS) is 14.4. The molecule has 0 aliphatic carbocycles. The van der Waals surface area contributed by atoms with Gasteiger partial charge in [0, 0.05) is 34.6 Å². The first-order chi connectivity index (χ1) is 19.4. The summed E-state index contributed by atoms with van der Waals surface area (Å²) in [7, 11) is 1.27. The van der Waals surface area contributed by atoms with Crippen LogP contribution in [0.4, 0.5) is 16.2 Å². The topological polar surface area (TPSA) is 131 Å². The third kappa shape index (κ3) is 5.84. The number of amides is 3. The maximum Gasteiger partial charge on any atom is 0.411 e. The quantitative estimate of drug-likeness (QED) is 0.338. The first kappa shape index (κ1) is 26.6. The molecule has 2 heterocycles. The number of tetrazole rings is 1. The minimum absolute atomic E-state index is 0.338. The Morgan fingerprint density at radius 3 is 2.50 bits per heavy atom. The van der Waals surface area contributed by atoms with Gasteiger partial charge in [0.1, 0.15) is 12.4 Å². The van der Waals surface area contributed by atoms with E-state index in [-0.39, 0.29) is 11.8 Å². The van der Waals surface area contributed by atoms with Gasteiger partial charge in [-0.25, -0.2) is 4.79 Å². The number of nitrogens with one attached hydrogen (secondary N) is 2. The van der Waals surface area contributed by atoms with Gasteiger partial charge in [-0.05, 0) is 76.5 Å². The van der Waals surface area contributed by atoms with E-state index >= 15 is 0 Å². The van der Waals surface area contributed by atoms with E-state index in [1.165, 1.54) is 24.2 Å². The molecule has 1 unspecified atom stereocenters. The van der Waals surface area contributed by atoms with E-state index < -0.39 is 12.1 Å². The number of nitrogens with zero attached hydrogens (tertiary/aromatic N) is 5. The van der Waals surface area contributed by atoms with Crippen LogP contribution in [-0.2, 0) is 20.7 Å². The number of methoxy groups -OCH3 is 1.